The fourth-order valence-electron chi connectivity index (χ4n) is 3.48. The third-order valence-corrected chi connectivity index (χ3v) is 6.05. The minimum atomic E-state index is -0.394. The van der Waals surface area contributed by atoms with E-state index in [9.17, 15) is 9.59 Å². The molecule has 0 N–H and O–H groups in total. The first kappa shape index (κ1) is 22.0. The molecule has 4 aromatic rings. The summed E-state index contributed by atoms with van der Waals surface area (Å²) in [4.78, 5) is 39.4. The van der Waals surface area contributed by atoms with Crippen molar-refractivity contribution < 1.29 is 4.42 Å². The summed E-state index contributed by atoms with van der Waals surface area (Å²) < 4.78 is 8.55. The standard InChI is InChI=1S/C23H25N5O3S/c1-13(2)11-28-19-18(22(29)27(5)23(28)30)21(25-15(4)24-19)32-12-17-14(3)31-20(26-17)16-9-7-6-8-10-16/h6-10,13H,11-12H2,1-5H3. The molecule has 0 aliphatic heterocycles. The van der Waals surface area contributed by atoms with Gasteiger partial charge in [-0.15, -0.1) is 0 Å². The summed E-state index contributed by atoms with van der Waals surface area (Å²) in [7, 11) is 1.49. The molecule has 4 rings (SSSR count). The van der Waals surface area contributed by atoms with Crippen LogP contribution in [-0.2, 0) is 19.3 Å². The molecular formula is C23H25N5O3S. The number of nitrogens with zero attached hydrogens (tertiary/aromatic N) is 5. The molecule has 3 aromatic heterocycles. The summed E-state index contributed by atoms with van der Waals surface area (Å²) in [6.07, 6.45) is 0. The van der Waals surface area contributed by atoms with Crippen molar-refractivity contribution in [2.24, 2.45) is 13.0 Å². The largest absolute Gasteiger partial charge is 0.441 e. The number of hydrogen-bond acceptors (Lipinski definition) is 7. The van der Waals surface area contributed by atoms with Crippen molar-refractivity contribution in [2.45, 2.75) is 45.0 Å². The Morgan fingerprint density at radius 1 is 1.06 bits per heavy atom. The van der Waals surface area contributed by atoms with E-state index in [1.54, 1.807) is 11.5 Å². The topological polar surface area (TPSA) is 95.8 Å². The quantitative estimate of drug-likeness (QED) is 0.326. The minimum absolute atomic E-state index is 0.217. The lowest BCUT2D eigenvalue weighted by Crippen LogP contribution is -2.39. The molecule has 0 radical (unpaired) electrons. The van der Waals surface area contributed by atoms with Crippen LogP contribution < -0.4 is 11.2 Å². The molecule has 0 saturated heterocycles. The molecule has 166 valence electrons. The lowest BCUT2D eigenvalue weighted by atomic mass is 10.2. The van der Waals surface area contributed by atoms with Gasteiger partial charge < -0.3 is 4.42 Å². The van der Waals surface area contributed by atoms with Gasteiger partial charge in [0.05, 0.1) is 5.69 Å². The lowest BCUT2D eigenvalue weighted by Gasteiger charge is -2.15. The summed E-state index contributed by atoms with van der Waals surface area (Å²) in [6, 6.07) is 9.71. The van der Waals surface area contributed by atoms with Crippen molar-refractivity contribution in [1.82, 2.24) is 24.1 Å². The zero-order chi connectivity index (χ0) is 23.0. The average Bonchev–Trinajstić information content (AvgIpc) is 3.14. The zero-order valence-corrected chi connectivity index (χ0v) is 19.6. The van der Waals surface area contributed by atoms with E-state index in [0.717, 1.165) is 21.6 Å². The van der Waals surface area contributed by atoms with Crippen molar-refractivity contribution in [3.63, 3.8) is 0 Å². The maximum atomic E-state index is 13.0. The molecule has 0 unspecified atom stereocenters. The summed E-state index contributed by atoms with van der Waals surface area (Å²) in [5, 5.41) is 0.891. The van der Waals surface area contributed by atoms with Crippen LogP contribution in [0.3, 0.4) is 0 Å². The van der Waals surface area contributed by atoms with E-state index in [0.29, 0.717) is 40.1 Å². The maximum absolute atomic E-state index is 13.0. The normalized spacial score (nSPS) is 11.6. The van der Waals surface area contributed by atoms with Gasteiger partial charge in [0, 0.05) is 24.9 Å². The van der Waals surface area contributed by atoms with Crippen molar-refractivity contribution in [3.05, 3.63) is 68.4 Å². The van der Waals surface area contributed by atoms with Gasteiger partial charge in [0.15, 0.2) is 5.65 Å². The SMILES string of the molecule is Cc1nc(SCc2nc(-c3ccccc3)oc2C)c2c(=O)n(C)c(=O)n(CC(C)C)c2n1. The molecule has 8 nitrogen and oxygen atoms in total. The first-order valence-corrected chi connectivity index (χ1v) is 11.4. The summed E-state index contributed by atoms with van der Waals surface area (Å²) in [5.74, 6) is 2.47. The number of thioether (sulfide) groups is 1. The number of rotatable bonds is 6. The van der Waals surface area contributed by atoms with Crippen molar-refractivity contribution in [1.29, 1.82) is 0 Å². The van der Waals surface area contributed by atoms with E-state index in [4.69, 9.17) is 4.42 Å². The summed E-state index contributed by atoms with van der Waals surface area (Å²) >= 11 is 1.39. The second kappa shape index (κ2) is 8.74. The van der Waals surface area contributed by atoms with Gasteiger partial charge in [-0.3, -0.25) is 13.9 Å². The number of aromatic nitrogens is 5. The number of oxazole rings is 1. The second-order valence-electron chi connectivity index (χ2n) is 8.10. The third-order valence-electron chi connectivity index (χ3n) is 5.07. The zero-order valence-electron chi connectivity index (χ0n) is 18.7. The number of fused-ring (bicyclic) bond motifs is 1. The fraction of sp³-hybridized carbons (Fsp3) is 0.348. The van der Waals surface area contributed by atoms with Gasteiger partial charge in [0.1, 0.15) is 22.0 Å². The lowest BCUT2D eigenvalue weighted by molar-refractivity contribution is 0.498. The molecule has 0 fully saturated rings. The van der Waals surface area contributed by atoms with Gasteiger partial charge in [-0.2, -0.15) is 0 Å². The van der Waals surface area contributed by atoms with Crippen molar-refractivity contribution in [2.75, 3.05) is 0 Å². The molecular weight excluding hydrogens is 426 g/mol. The fourth-order valence-corrected chi connectivity index (χ4v) is 4.54. The van der Waals surface area contributed by atoms with E-state index in [1.165, 1.54) is 18.8 Å². The highest BCUT2D eigenvalue weighted by molar-refractivity contribution is 7.98. The van der Waals surface area contributed by atoms with E-state index >= 15 is 0 Å². The van der Waals surface area contributed by atoms with E-state index in [-0.39, 0.29) is 11.6 Å². The van der Waals surface area contributed by atoms with E-state index < -0.39 is 5.56 Å². The maximum Gasteiger partial charge on any atom is 0.332 e. The number of aryl methyl sites for hydroxylation is 2. The van der Waals surface area contributed by atoms with Gasteiger partial charge in [-0.1, -0.05) is 43.8 Å². The Balaban J connectivity index is 1.76. The van der Waals surface area contributed by atoms with Crippen LogP contribution in [0, 0.1) is 19.8 Å². The summed E-state index contributed by atoms with van der Waals surface area (Å²) in [6.45, 7) is 8.14. The average molecular weight is 452 g/mol. The highest BCUT2D eigenvalue weighted by Crippen LogP contribution is 2.29. The van der Waals surface area contributed by atoms with Crippen LogP contribution in [0.25, 0.3) is 22.5 Å². The Morgan fingerprint density at radius 2 is 1.78 bits per heavy atom. The highest BCUT2D eigenvalue weighted by atomic mass is 32.2. The molecule has 9 heteroatoms. The van der Waals surface area contributed by atoms with Crippen LogP contribution in [0.5, 0.6) is 0 Å². The van der Waals surface area contributed by atoms with Gasteiger partial charge in [-0.05, 0) is 31.9 Å². The molecule has 0 aliphatic rings. The van der Waals surface area contributed by atoms with Crippen LogP contribution in [0.4, 0.5) is 0 Å². The molecule has 0 aliphatic carbocycles. The monoisotopic (exact) mass is 451 g/mol. The molecule has 32 heavy (non-hydrogen) atoms. The third kappa shape index (κ3) is 4.12. The van der Waals surface area contributed by atoms with Crippen LogP contribution in [0.2, 0.25) is 0 Å². The molecule has 0 bridgehead atoms. The summed E-state index contributed by atoms with van der Waals surface area (Å²) in [5.41, 5.74) is 1.30. The molecule has 0 spiro atoms. The van der Waals surface area contributed by atoms with E-state index in [2.05, 4.69) is 15.0 Å². The van der Waals surface area contributed by atoms with Gasteiger partial charge in [0.2, 0.25) is 5.89 Å². The number of hydrogen-bond donors (Lipinski definition) is 0. The minimum Gasteiger partial charge on any atom is -0.441 e. The Morgan fingerprint density at radius 3 is 2.47 bits per heavy atom. The molecule has 0 atom stereocenters. The van der Waals surface area contributed by atoms with Crippen molar-refractivity contribution >= 4 is 22.8 Å². The van der Waals surface area contributed by atoms with Gasteiger partial charge in [0.25, 0.3) is 5.56 Å². The molecule has 0 saturated carbocycles. The Hall–Kier alpha value is -3.20. The van der Waals surface area contributed by atoms with Crippen LogP contribution in [-0.4, -0.2) is 24.1 Å². The van der Waals surface area contributed by atoms with Gasteiger partial charge >= 0.3 is 5.69 Å². The van der Waals surface area contributed by atoms with Crippen LogP contribution in [0.15, 0.2) is 49.4 Å². The Bertz CT molecular complexity index is 1400. The predicted molar refractivity (Wildman–Crippen MR) is 125 cm³/mol. The molecule has 3 heterocycles. The Labute approximate surface area is 189 Å². The first-order chi connectivity index (χ1) is 15.3. The smallest absolute Gasteiger partial charge is 0.332 e. The number of benzene rings is 1. The Kier molecular flexibility index (Phi) is 6.01. The second-order valence-corrected chi connectivity index (χ2v) is 9.07. The first-order valence-electron chi connectivity index (χ1n) is 10.4. The van der Waals surface area contributed by atoms with Crippen LogP contribution >= 0.6 is 11.8 Å². The van der Waals surface area contributed by atoms with Crippen LogP contribution in [0.1, 0.15) is 31.1 Å². The highest BCUT2D eigenvalue weighted by Gasteiger charge is 2.20. The van der Waals surface area contributed by atoms with Gasteiger partial charge in [-0.25, -0.2) is 19.7 Å². The predicted octanol–water partition coefficient (Wildman–Crippen LogP) is 3.71. The van der Waals surface area contributed by atoms with Crippen molar-refractivity contribution in [3.8, 4) is 11.5 Å². The molecule has 1 aromatic carbocycles. The molecule has 0 amide bonds. The van der Waals surface area contributed by atoms with E-state index in [1.807, 2.05) is 51.1 Å².